The number of rotatable bonds is 4. The lowest BCUT2D eigenvalue weighted by Crippen LogP contribution is -2.40. The second-order valence-electron chi connectivity index (χ2n) is 6.28. The van der Waals surface area contributed by atoms with Crippen LogP contribution in [0.4, 0.5) is 10.1 Å². The zero-order chi connectivity index (χ0) is 17.8. The molecule has 2 aromatic carbocycles. The first-order chi connectivity index (χ1) is 12.0. The Labute approximate surface area is 156 Å². The Balaban J connectivity index is 1.62. The number of benzene rings is 2. The molecule has 1 amide bonds. The van der Waals surface area contributed by atoms with Crippen LogP contribution in [-0.2, 0) is 11.3 Å². The van der Waals surface area contributed by atoms with Gasteiger partial charge < -0.3 is 5.32 Å². The van der Waals surface area contributed by atoms with E-state index in [0.29, 0.717) is 34.4 Å². The van der Waals surface area contributed by atoms with Crippen LogP contribution >= 0.6 is 23.2 Å². The highest BCUT2D eigenvalue weighted by molar-refractivity contribution is 6.36. The number of piperidine rings is 1. The molecule has 1 N–H and O–H groups in total. The topological polar surface area (TPSA) is 32.3 Å². The van der Waals surface area contributed by atoms with Crippen molar-refractivity contribution in [2.75, 3.05) is 18.4 Å². The molecule has 1 saturated heterocycles. The Kier molecular flexibility index (Phi) is 5.94. The van der Waals surface area contributed by atoms with Crippen molar-refractivity contribution >= 4 is 34.8 Å². The Bertz CT molecular complexity index is 769. The van der Waals surface area contributed by atoms with Crippen LogP contribution < -0.4 is 5.32 Å². The monoisotopic (exact) mass is 380 g/mol. The summed E-state index contributed by atoms with van der Waals surface area (Å²) in [6.45, 7) is 1.98. The summed E-state index contributed by atoms with van der Waals surface area (Å²) in [4.78, 5) is 14.7. The normalized spacial score (nSPS) is 18.1. The number of amides is 1. The van der Waals surface area contributed by atoms with Gasteiger partial charge in [0.2, 0.25) is 5.91 Å². The fourth-order valence-electron chi connectivity index (χ4n) is 3.11. The van der Waals surface area contributed by atoms with E-state index in [9.17, 15) is 9.18 Å². The molecule has 6 heteroatoms. The molecule has 0 saturated carbocycles. The van der Waals surface area contributed by atoms with Gasteiger partial charge in [0.1, 0.15) is 5.82 Å². The van der Waals surface area contributed by atoms with Gasteiger partial charge in [0.15, 0.2) is 0 Å². The molecular formula is C19H19Cl2FN2O. The summed E-state index contributed by atoms with van der Waals surface area (Å²) in [7, 11) is 0. The molecule has 1 fully saturated rings. The van der Waals surface area contributed by atoms with Gasteiger partial charge in [0.25, 0.3) is 0 Å². The van der Waals surface area contributed by atoms with Crippen LogP contribution in [0.1, 0.15) is 18.4 Å². The van der Waals surface area contributed by atoms with E-state index in [1.165, 1.54) is 6.07 Å². The number of likely N-dealkylation sites (tertiary alicyclic amines) is 1. The highest BCUT2D eigenvalue weighted by Gasteiger charge is 2.26. The zero-order valence-corrected chi connectivity index (χ0v) is 15.2. The summed E-state index contributed by atoms with van der Waals surface area (Å²) in [5.74, 6) is -0.420. The Morgan fingerprint density at radius 2 is 2.04 bits per heavy atom. The number of hydrogen-bond acceptors (Lipinski definition) is 2. The fraction of sp³-hybridized carbons (Fsp3) is 0.316. The molecule has 3 nitrogen and oxygen atoms in total. The quantitative estimate of drug-likeness (QED) is 0.810. The summed E-state index contributed by atoms with van der Waals surface area (Å²) >= 11 is 12.0. The van der Waals surface area contributed by atoms with Gasteiger partial charge in [-0.15, -0.1) is 0 Å². The summed E-state index contributed by atoms with van der Waals surface area (Å²) in [6.07, 6.45) is 1.71. The summed E-state index contributed by atoms with van der Waals surface area (Å²) < 4.78 is 13.8. The van der Waals surface area contributed by atoms with Gasteiger partial charge in [-0.1, -0.05) is 41.4 Å². The van der Waals surface area contributed by atoms with E-state index in [1.807, 2.05) is 6.07 Å². The summed E-state index contributed by atoms with van der Waals surface area (Å²) in [5, 5.41) is 3.81. The second-order valence-corrected chi connectivity index (χ2v) is 7.12. The van der Waals surface area contributed by atoms with Gasteiger partial charge in [-0.3, -0.25) is 9.69 Å². The van der Waals surface area contributed by atoms with Crippen LogP contribution in [0.25, 0.3) is 0 Å². The van der Waals surface area contributed by atoms with Crippen LogP contribution in [0, 0.1) is 11.7 Å². The van der Waals surface area contributed by atoms with Gasteiger partial charge in [-0.05, 0) is 43.7 Å². The Hall–Kier alpha value is -1.62. The van der Waals surface area contributed by atoms with Gasteiger partial charge in [-0.2, -0.15) is 0 Å². The zero-order valence-electron chi connectivity index (χ0n) is 13.6. The van der Waals surface area contributed by atoms with Crippen molar-refractivity contribution in [1.29, 1.82) is 0 Å². The van der Waals surface area contributed by atoms with Crippen LogP contribution in [0.3, 0.4) is 0 Å². The van der Waals surface area contributed by atoms with Crippen molar-refractivity contribution in [3.05, 3.63) is 63.9 Å². The standard InChI is InChI=1S/C19H19Cl2FN2O/c20-15-7-8-18(16(21)10-15)23-19(25)14-5-3-9-24(12-14)11-13-4-1-2-6-17(13)22/h1-2,4,6-8,10,14H,3,5,9,11-12H2,(H,23,25). The van der Waals surface area contributed by atoms with E-state index in [-0.39, 0.29) is 17.6 Å². The van der Waals surface area contributed by atoms with Gasteiger partial charge in [-0.25, -0.2) is 4.39 Å². The van der Waals surface area contributed by atoms with E-state index in [2.05, 4.69) is 10.2 Å². The number of hydrogen-bond donors (Lipinski definition) is 1. The molecule has 1 heterocycles. The molecule has 1 aliphatic heterocycles. The fourth-order valence-corrected chi connectivity index (χ4v) is 3.56. The minimum absolute atomic E-state index is 0.0672. The van der Waals surface area contributed by atoms with E-state index < -0.39 is 0 Å². The van der Waals surface area contributed by atoms with Gasteiger partial charge in [0, 0.05) is 23.7 Å². The first kappa shape index (κ1) is 18.2. The van der Waals surface area contributed by atoms with Crippen molar-refractivity contribution in [3.8, 4) is 0 Å². The summed E-state index contributed by atoms with van der Waals surface area (Å²) in [6, 6.07) is 11.7. The van der Waals surface area contributed by atoms with Crippen LogP contribution in [0.15, 0.2) is 42.5 Å². The van der Waals surface area contributed by atoms with Gasteiger partial charge in [0.05, 0.1) is 16.6 Å². The maximum absolute atomic E-state index is 13.8. The lowest BCUT2D eigenvalue weighted by Gasteiger charge is -2.32. The second kappa shape index (κ2) is 8.17. The number of nitrogens with zero attached hydrogens (tertiary/aromatic N) is 1. The van der Waals surface area contributed by atoms with E-state index in [0.717, 1.165) is 19.4 Å². The lowest BCUT2D eigenvalue weighted by atomic mass is 9.96. The predicted molar refractivity (Wildman–Crippen MR) is 99.5 cm³/mol. The molecule has 0 aliphatic carbocycles. The average Bonchev–Trinajstić information content (AvgIpc) is 2.60. The predicted octanol–water partition coefficient (Wildman–Crippen LogP) is 4.98. The molecule has 0 aromatic heterocycles. The lowest BCUT2D eigenvalue weighted by molar-refractivity contribution is -0.121. The number of nitrogens with one attached hydrogen (secondary N) is 1. The number of carbonyl (C=O) groups is 1. The minimum Gasteiger partial charge on any atom is -0.324 e. The number of carbonyl (C=O) groups excluding carboxylic acids is 1. The number of anilines is 1. The van der Waals surface area contributed by atoms with Crippen molar-refractivity contribution in [1.82, 2.24) is 4.90 Å². The smallest absolute Gasteiger partial charge is 0.228 e. The maximum Gasteiger partial charge on any atom is 0.228 e. The SMILES string of the molecule is O=C(Nc1ccc(Cl)cc1Cl)C1CCCN(Cc2ccccc2F)C1. The first-order valence-corrected chi connectivity index (χ1v) is 9.00. The molecule has 1 unspecified atom stereocenters. The highest BCUT2D eigenvalue weighted by Crippen LogP contribution is 2.27. The van der Waals surface area contributed by atoms with Crippen molar-refractivity contribution < 1.29 is 9.18 Å². The molecule has 1 aliphatic rings. The third-order valence-corrected chi connectivity index (χ3v) is 4.96. The molecule has 0 radical (unpaired) electrons. The van der Waals surface area contributed by atoms with E-state index >= 15 is 0 Å². The molecule has 2 aromatic rings. The Morgan fingerprint density at radius 3 is 2.80 bits per heavy atom. The third kappa shape index (κ3) is 4.72. The summed E-state index contributed by atoms with van der Waals surface area (Å²) in [5.41, 5.74) is 1.21. The van der Waals surface area contributed by atoms with Crippen molar-refractivity contribution in [3.63, 3.8) is 0 Å². The maximum atomic E-state index is 13.8. The van der Waals surface area contributed by atoms with E-state index in [1.54, 1.807) is 30.3 Å². The number of halogens is 3. The van der Waals surface area contributed by atoms with Gasteiger partial charge >= 0.3 is 0 Å². The molecule has 0 bridgehead atoms. The van der Waals surface area contributed by atoms with Crippen LogP contribution in [-0.4, -0.2) is 23.9 Å². The largest absolute Gasteiger partial charge is 0.324 e. The van der Waals surface area contributed by atoms with Crippen molar-refractivity contribution in [2.45, 2.75) is 19.4 Å². The first-order valence-electron chi connectivity index (χ1n) is 8.24. The van der Waals surface area contributed by atoms with Crippen molar-refractivity contribution in [2.24, 2.45) is 5.92 Å². The minimum atomic E-state index is -0.206. The Morgan fingerprint density at radius 1 is 1.24 bits per heavy atom. The van der Waals surface area contributed by atoms with Crippen LogP contribution in [0.5, 0.6) is 0 Å². The van der Waals surface area contributed by atoms with Crippen LogP contribution in [0.2, 0.25) is 10.0 Å². The molecule has 0 spiro atoms. The molecular weight excluding hydrogens is 362 g/mol. The average molecular weight is 381 g/mol. The molecule has 1 atom stereocenters. The molecule has 132 valence electrons. The highest BCUT2D eigenvalue weighted by atomic mass is 35.5. The third-order valence-electron chi connectivity index (χ3n) is 4.42. The van der Waals surface area contributed by atoms with E-state index in [4.69, 9.17) is 23.2 Å². The molecule has 25 heavy (non-hydrogen) atoms. The molecule has 3 rings (SSSR count).